The van der Waals surface area contributed by atoms with E-state index < -0.39 is 0 Å². The Morgan fingerprint density at radius 3 is 2.92 bits per heavy atom. The van der Waals surface area contributed by atoms with E-state index in [1.807, 2.05) is 24.3 Å². The highest BCUT2D eigenvalue weighted by Crippen LogP contribution is 2.28. The summed E-state index contributed by atoms with van der Waals surface area (Å²) in [5, 5.41) is 6.83. The molecule has 0 radical (unpaired) electrons. The Morgan fingerprint density at radius 1 is 1.31 bits per heavy atom. The Morgan fingerprint density at radius 2 is 2.15 bits per heavy atom. The van der Waals surface area contributed by atoms with Crippen molar-refractivity contribution in [3.63, 3.8) is 0 Å². The molecule has 26 heavy (non-hydrogen) atoms. The summed E-state index contributed by atoms with van der Waals surface area (Å²) in [7, 11) is 3.41. The number of halogens is 1. The molecule has 0 amide bonds. The molecule has 1 saturated heterocycles. The summed E-state index contributed by atoms with van der Waals surface area (Å²) in [5.74, 6) is 1.40. The summed E-state index contributed by atoms with van der Waals surface area (Å²) in [6, 6.07) is 14.4. The van der Waals surface area contributed by atoms with Crippen LogP contribution in [0.4, 0.5) is 5.69 Å². The molecule has 2 N–H and O–H groups in total. The first-order valence-electron chi connectivity index (χ1n) is 8.66. The van der Waals surface area contributed by atoms with Crippen LogP contribution in [-0.2, 0) is 6.54 Å². The van der Waals surface area contributed by atoms with Crippen LogP contribution in [0.15, 0.2) is 51.9 Å². The van der Waals surface area contributed by atoms with E-state index in [2.05, 4.69) is 59.6 Å². The maximum atomic E-state index is 5.16. The van der Waals surface area contributed by atoms with Gasteiger partial charge in [-0.2, -0.15) is 0 Å². The Labute approximate surface area is 162 Å². The number of para-hydroxylation sites is 1. The number of benzene rings is 1. The van der Waals surface area contributed by atoms with Gasteiger partial charge in [-0.25, -0.2) is 4.98 Å². The molecule has 1 atom stereocenters. The molecule has 0 bridgehead atoms. The van der Waals surface area contributed by atoms with Gasteiger partial charge in [0.15, 0.2) is 5.96 Å². The van der Waals surface area contributed by atoms with Crippen molar-refractivity contribution in [2.75, 3.05) is 32.1 Å². The van der Waals surface area contributed by atoms with Crippen LogP contribution in [-0.4, -0.2) is 44.2 Å². The average molecular weight is 418 g/mol. The van der Waals surface area contributed by atoms with Crippen LogP contribution in [0.1, 0.15) is 12.1 Å². The predicted molar refractivity (Wildman–Crippen MR) is 109 cm³/mol. The van der Waals surface area contributed by atoms with Crippen LogP contribution in [0.5, 0.6) is 5.88 Å². The van der Waals surface area contributed by atoms with Gasteiger partial charge in [-0.15, -0.1) is 0 Å². The molecule has 3 rings (SSSR count). The quantitative estimate of drug-likeness (QED) is 0.578. The lowest BCUT2D eigenvalue weighted by molar-refractivity contribution is 0.396. The van der Waals surface area contributed by atoms with Gasteiger partial charge in [-0.3, -0.25) is 4.99 Å². The SMILES string of the molecule is CN=C(NCc1cccc(OC)n1)NC1CCN(c2ccccc2Br)C1. The molecule has 7 heteroatoms. The second kappa shape index (κ2) is 8.89. The molecule has 1 fully saturated rings. The number of aromatic nitrogens is 1. The molecule has 1 aromatic heterocycles. The molecule has 1 unspecified atom stereocenters. The smallest absolute Gasteiger partial charge is 0.213 e. The lowest BCUT2D eigenvalue weighted by Gasteiger charge is -2.21. The summed E-state index contributed by atoms with van der Waals surface area (Å²) in [4.78, 5) is 11.1. The van der Waals surface area contributed by atoms with Crippen LogP contribution < -0.4 is 20.3 Å². The van der Waals surface area contributed by atoms with E-state index in [9.17, 15) is 0 Å². The standard InChI is InChI=1S/C19H24BrN5O/c1-21-19(22-12-14-6-5-9-18(23-14)26-2)24-15-10-11-25(13-15)17-8-4-3-7-16(17)20/h3-9,15H,10-13H2,1-2H3,(H2,21,22,24). The molecule has 0 saturated carbocycles. The zero-order valence-electron chi connectivity index (χ0n) is 15.1. The predicted octanol–water partition coefficient (Wildman–Crippen LogP) is 2.80. The van der Waals surface area contributed by atoms with E-state index in [1.54, 1.807) is 14.2 Å². The second-order valence-corrected chi connectivity index (χ2v) is 6.98. The first-order valence-corrected chi connectivity index (χ1v) is 9.45. The highest BCUT2D eigenvalue weighted by molar-refractivity contribution is 9.10. The van der Waals surface area contributed by atoms with Gasteiger partial charge in [-0.05, 0) is 40.5 Å². The number of anilines is 1. The topological polar surface area (TPSA) is 61.8 Å². The van der Waals surface area contributed by atoms with Gasteiger partial charge in [0, 0.05) is 36.7 Å². The van der Waals surface area contributed by atoms with E-state index in [0.717, 1.165) is 35.6 Å². The first kappa shape index (κ1) is 18.5. The minimum absolute atomic E-state index is 0.353. The monoisotopic (exact) mass is 417 g/mol. The number of ether oxygens (including phenoxy) is 1. The van der Waals surface area contributed by atoms with E-state index in [4.69, 9.17) is 4.74 Å². The molecule has 0 spiro atoms. The van der Waals surface area contributed by atoms with Crippen LogP contribution in [0, 0.1) is 0 Å². The summed E-state index contributed by atoms with van der Waals surface area (Å²) in [5.41, 5.74) is 2.15. The molecule has 6 nitrogen and oxygen atoms in total. The van der Waals surface area contributed by atoms with Gasteiger partial charge in [0.1, 0.15) is 0 Å². The number of methoxy groups -OCH3 is 1. The molecule has 1 aromatic carbocycles. The van der Waals surface area contributed by atoms with Crippen molar-refractivity contribution in [3.8, 4) is 5.88 Å². The molecular formula is C19H24BrN5O. The summed E-state index contributed by atoms with van der Waals surface area (Å²) < 4.78 is 6.30. The molecule has 0 aliphatic carbocycles. The molecule has 1 aliphatic rings. The van der Waals surface area contributed by atoms with E-state index in [1.165, 1.54) is 5.69 Å². The average Bonchev–Trinajstić information content (AvgIpc) is 3.14. The number of pyridine rings is 1. The van der Waals surface area contributed by atoms with Crippen molar-refractivity contribution in [1.29, 1.82) is 0 Å². The number of nitrogens with one attached hydrogen (secondary N) is 2. The Balaban J connectivity index is 1.53. The van der Waals surface area contributed by atoms with Crippen LogP contribution in [0.3, 0.4) is 0 Å². The van der Waals surface area contributed by atoms with Crippen molar-refractivity contribution >= 4 is 27.6 Å². The number of nitrogens with zero attached hydrogens (tertiary/aromatic N) is 3. The van der Waals surface area contributed by atoms with Gasteiger partial charge >= 0.3 is 0 Å². The van der Waals surface area contributed by atoms with Gasteiger partial charge in [0.2, 0.25) is 5.88 Å². The molecular weight excluding hydrogens is 394 g/mol. The molecule has 2 aromatic rings. The molecule has 1 aliphatic heterocycles. The summed E-state index contributed by atoms with van der Waals surface area (Å²) in [6.07, 6.45) is 1.07. The largest absolute Gasteiger partial charge is 0.481 e. The fourth-order valence-electron chi connectivity index (χ4n) is 3.04. The van der Waals surface area contributed by atoms with Crippen molar-refractivity contribution in [2.45, 2.75) is 19.0 Å². The minimum Gasteiger partial charge on any atom is -0.481 e. The van der Waals surface area contributed by atoms with Crippen LogP contribution >= 0.6 is 15.9 Å². The summed E-state index contributed by atoms with van der Waals surface area (Å²) >= 11 is 3.64. The Hall–Kier alpha value is -2.28. The third-order valence-electron chi connectivity index (χ3n) is 4.37. The molecule has 2 heterocycles. The fraction of sp³-hybridized carbons (Fsp3) is 0.368. The van der Waals surface area contributed by atoms with Gasteiger partial charge in [-0.1, -0.05) is 18.2 Å². The highest BCUT2D eigenvalue weighted by Gasteiger charge is 2.24. The lowest BCUT2D eigenvalue weighted by Crippen LogP contribution is -2.44. The lowest BCUT2D eigenvalue weighted by atomic mass is 10.2. The maximum absolute atomic E-state index is 5.16. The highest BCUT2D eigenvalue weighted by atomic mass is 79.9. The van der Waals surface area contributed by atoms with E-state index in [-0.39, 0.29) is 0 Å². The first-order chi connectivity index (χ1) is 12.7. The zero-order chi connectivity index (χ0) is 18.4. The number of guanidine groups is 1. The zero-order valence-corrected chi connectivity index (χ0v) is 16.7. The van der Waals surface area contributed by atoms with Gasteiger partial charge in [0.25, 0.3) is 0 Å². The van der Waals surface area contributed by atoms with Gasteiger partial charge in [0.05, 0.1) is 25.0 Å². The van der Waals surface area contributed by atoms with Crippen molar-refractivity contribution in [3.05, 3.63) is 52.6 Å². The van der Waals surface area contributed by atoms with Crippen LogP contribution in [0.25, 0.3) is 0 Å². The Bertz CT molecular complexity index is 767. The van der Waals surface area contributed by atoms with Crippen molar-refractivity contribution < 1.29 is 4.74 Å². The number of aliphatic imine (C=N–C) groups is 1. The van der Waals surface area contributed by atoms with Crippen molar-refractivity contribution in [2.24, 2.45) is 4.99 Å². The molecule has 138 valence electrons. The fourth-order valence-corrected chi connectivity index (χ4v) is 3.57. The number of hydrogen-bond acceptors (Lipinski definition) is 4. The second-order valence-electron chi connectivity index (χ2n) is 6.12. The van der Waals surface area contributed by atoms with Gasteiger partial charge < -0.3 is 20.3 Å². The third kappa shape index (κ3) is 4.66. The normalized spacial score (nSPS) is 17.3. The minimum atomic E-state index is 0.353. The maximum Gasteiger partial charge on any atom is 0.213 e. The number of hydrogen-bond donors (Lipinski definition) is 2. The Kier molecular flexibility index (Phi) is 6.33. The van der Waals surface area contributed by atoms with Crippen molar-refractivity contribution in [1.82, 2.24) is 15.6 Å². The van der Waals surface area contributed by atoms with E-state index >= 15 is 0 Å². The third-order valence-corrected chi connectivity index (χ3v) is 5.04. The number of rotatable bonds is 5. The van der Waals surface area contributed by atoms with Crippen LogP contribution in [0.2, 0.25) is 0 Å². The van der Waals surface area contributed by atoms with E-state index in [0.29, 0.717) is 18.5 Å². The summed E-state index contributed by atoms with van der Waals surface area (Å²) in [6.45, 7) is 2.56.